The van der Waals surface area contributed by atoms with Crippen LogP contribution in [0.1, 0.15) is 25.3 Å². The minimum absolute atomic E-state index is 0.0842. The molecule has 4 atom stereocenters. The summed E-state index contributed by atoms with van der Waals surface area (Å²) in [5.74, 6) is 0.207. The SMILES string of the molecule is CC=C1C[N+]2([O-])CC[C@]34C=C(CO)[C@H]1C[C@@]32Nc1ccccc14. The summed E-state index contributed by atoms with van der Waals surface area (Å²) in [6.45, 7) is 3.28. The molecule has 4 nitrogen and oxygen atoms in total. The summed E-state index contributed by atoms with van der Waals surface area (Å²) in [7, 11) is 0. The fraction of sp³-hybridized carbons (Fsp3) is 0.474. The van der Waals surface area contributed by atoms with E-state index in [0.717, 1.165) is 24.1 Å². The molecule has 120 valence electrons. The quantitative estimate of drug-likeness (QED) is 0.476. The van der Waals surface area contributed by atoms with Crippen molar-refractivity contribution in [1.82, 2.24) is 0 Å². The van der Waals surface area contributed by atoms with E-state index in [0.29, 0.717) is 13.1 Å². The Kier molecular flexibility index (Phi) is 2.44. The van der Waals surface area contributed by atoms with Crippen LogP contribution >= 0.6 is 0 Å². The van der Waals surface area contributed by atoms with Crippen LogP contribution < -0.4 is 5.32 Å². The molecule has 2 fully saturated rings. The van der Waals surface area contributed by atoms with Gasteiger partial charge in [-0.3, -0.25) is 0 Å². The minimum Gasteiger partial charge on any atom is -0.631 e. The number of benzene rings is 1. The smallest absolute Gasteiger partial charge is 0.187 e. The van der Waals surface area contributed by atoms with Crippen LogP contribution in [0.4, 0.5) is 5.69 Å². The lowest BCUT2D eigenvalue weighted by molar-refractivity contribution is -0.918. The van der Waals surface area contributed by atoms with E-state index in [2.05, 4.69) is 35.7 Å². The van der Waals surface area contributed by atoms with Crippen LogP contribution in [-0.4, -0.2) is 35.1 Å². The van der Waals surface area contributed by atoms with Gasteiger partial charge in [0.25, 0.3) is 0 Å². The van der Waals surface area contributed by atoms with Crippen LogP contribution in [-0.2, 0) is 5.41 Å². The van der Waals surface area contributed by atoms with Crippen molar-refractivity contribution in [2.75, 3.05) is 25.0 Å². The lowest BCUT2D eigenvalue weighted by Crippen LogP contribution is -2.71. The van der Waals surface area contributed by atoms with Gasteiger partial charge in [0, 0.05) is 24.4 Å². The first-order valence-corrected chi connectivity index (χ1v) is 8.53. The Bertz CT molecular complexity index is 770. The van der Waals surface area contributed by atoms with Crippen molar-refractivity contribution in [1.29, 1.82) is 0 Å². The number of hydrogen-bond acceptors (Lipinski definition) is 3. The molecule has 23 heavy (non-hydrogen) atoms. The largest absolute Gasteiger partial charge is 0.631 e. The molecule has 0 aromatic heterocycles. The van der Waals surface area contributed by atoms with Crippen LogP contribution in [0.25, 0.3) is 0 Å². The number of hydrogen-bond donors (Lipinski definition) is 2. The predicted octanol–water partition coefficient (Wildman–Crippen LogP) is 2.66. The Balaban J connectivity index is 1.83. The number of nitrogens with one attached hydrogen (secondary N) is 1. The van der Waals surface area contributed by atoms with Gasteiger partial charge in [-0.15, -0.1) is 0 Å². The third-order valence-electron chi connectivity index (χ3n) is 6.87. The zero-order valence-corrected chi connectivity index (χ0v) is 13.4. The number of aliphatic hydroxyl groups is 1. The van der Waals surface area contributed by atoms with Crippen molar-refractivity contribution >= 4 is 5.69 Å². The van der Waals surface area contributed by atoms with E-state index in [-0.39, 0.29) is 22.6 Å². The molecule has 3 aliphatic heterocycles. The lowest BCUT2D eigenvalue weighted by Gasteiger charge is -2.61. The molecule has 4 aliphatic rings. The average Bonchev–Trinajstić information content (AvgIpc) is 3.02. The van der Waals surface area contributed by atoms with Gasteiger partial charge in [-0.1, -0.05) is 30.4 Å². The molecule has 2 bridgehead atoms. The summed E-state index contributed by atoms with van der Waals surface area (Å²) in [4.78, 5) is 0. The molecule has 2 saturated heterocycles. The van der Waals surface area contributed by atoms with E-state index in [1.807, 2.05) is 13.0 Å². The van der Waals surface area contributed by atoms with Gasteiger partial charge >= 0.3 is 0 Å². The number of para-hydroxylation sites is 1. The summed E-state index contributed by atoms with van der Waals surface area (Å²) in [6, 6.07) is 8.34. The maximum Gasteiger partial charge on any atom is 0.187 e. The summed E-state index contributed by atoms with van der Waals surface area (Å²) >= 11 is 0. The Morgan fingerprint density at radius 2 is 2.26 bits per heavy atom. The topological polar surface area (TPSA) is 55.3 Å². The van der Waals surface area contributed by atoms with Gasteiger partial charge in [-0.05, 0) is 29.7 Å². The maximum absolute atomic E-state index is 13.8. The second-order valence-electron chi connectivity index (χ2n) is 7.52. The highest BCUT2D eigenvalue weighted by molar-refractivity contribution is 5.68. The normalized spacial score (nSPS) is 44.6. The van der Waals surface area contributed by atoms with Gasteiger partial charge < -0.3 is 20.3 Å². The zero-order valence-electron chi connectivity index (χ0n) is 13.4. The standard InChI is InChI=1S/C19H22N2O2/c1-2-13-11-21(23)8-7-18-9-14(12-22)15(13)10-19(18,21)20-17-6-4-3-5-16(17)18/h2-6,9,15,20,22H,7-8,10-12H2,1H3/t15-,18+,19-,21?/m0/s1. The zero-order chi connectivity index (χ0) is 15.9. The van der Waals surface area contributed by atoms with Crippen LogP contribution in [0.2, 0.25) is 0 Å². The van der Waals surface area contributed by atoms with Crippen LogP contribution in [0, 0.1) is 11.1 Å². The van der Waals surface area contributed by atoms with Gasteiger partial charge in [0.2, 0.25) is 0 Å². The van der Waals surface area contributed by atoms with Gasteiger partial charge in [0.05, 0.1) is 18.6 Å². The molecule has 0 radical (unpaired) electrons. The van der Waals surface area contributed by atoms with Gasteiger partial charge in [0.1, 0.15) is 6.54 Å². The van der Waals surface area contributed by atoms with Crippen molar-refractivity contribution in [2.45, 2.75) is 30.8 Å². The Morgan fingerprint density at radius 3 is 3.04 bits per heavy atom. The first kappa shape index (κ1) is 13.8. The maximum atomic E-state index is 13.8. The third-order valence-corrected chi connectivity index (χ3v) is 6.87. The van der Waals surface area contributed by atoms with Crippen molar-refractivity contribution in [2.24, 2.45) is 5.92 Å². The number of nitrogens with zero attached hydrogens (tertiary/aromatic N) is 1. The van der Waals surface area contributed by atoms with Gasteiger partial charge in [-0.25, -0.2) is 0 Å². The van der Waals surface area contributed by atoms with Gasteiger partial charge in [-0.2, -0.15) is 0 Å². The monoisotopic (exact) mass is 310 g/mol. The Hall–Kier alpha value is -1.62. The summed E-state index contributed by atoms with van der Waals surface area (Å²) < 4.78 is -0.174. The van der Waals surface area contributed by atoms with E-state index in [1.54, 1.807) is 0 Å². The molecule has 1 aromatic carbocycles. The molecule has 5 rings (SSSR count). The highest BCUT2D eigenvalue weighted by Gasteiger charge is 2.73. The van der Waals surface area contributed by atoms with Crippen molar-refractivity contribution in [3.05, 3.63) is 58.3 Å². The second kappa shape index (κ2) is 4.07. The summed E-state index contributed by atoms with van der Waals surface area (Å²) in [5.41, 5.74) is 3.87. The number of quaternary nitrogens is 1. The number of allylic oxidation sites excluding steroid dienone is 1. The van der Waals surface area contributed by atoms with Crippen LogP contribution in [0.15, 0.2) is 47.6 Å². The second-order valence-corrected chi connectivity index (χ2v) is 7.52. The van der Waals surface area contributed by atoms with Crippen molar-refractivity contribution in [3.63, 3.8) is 0 Å². The highest BCUT2D eigenvalue weighted by atomic mass is 16.6. The number of aliphatic hydroxyl groups excluding tert-OH is 1. The summed E-state index contributed by atoms with van der Waals surface area (Å²) in [5, 5.41) is 27.5. The number of piperidine rings is 1. The number of hydroxylamine groups is 3. The third kappa shape index (κ3) is 1.31. The van der Waals surface area contributed by atoms with E-state index in [9.17, 15) is 10.3 Å². The lowest BCUT2D eigenvalue weighted by atomic mass is 9.60. The molecule has 1 aliphatic carbocycles. The number of rotatable bonds is 1. The molecule has 1 aromatic rings. The van der Waals surface area contributed by atoms with E-state index in [1.165, 1.54) is 11.1 Å². The van der Waals surface area contributed by atoms with E-state index < -0.39 is 5.66 Å². The van der Waals surface area contributed by atoms with E-state index >= 15 is 0 Å². The van der Waals surface area contributed by atoms with Crippen LogP contribution in [0.5, 0.6) is 0 Å². The molecule has 0 saturated carbocycles. The molecule has 3 heterocycles. The van der Waals surface area contributed by atoms with Gasteiger partial charge in [0.15, 0.2) is 5.66 Å². The Morgan fingerprint density at radius 1 is 1.43 bits per heavy atom. The van der Waals surface area contributed by atoms with E-state index in [4.69, 9.17) is 0 Å². The molecular weight excluding hydrogens is 288 g/mol. The summed E-state index contributed by atoms with van der Waals surface area (Å²) in [6.07, 6.45) is 5.98. The fourth-order valence-corrected chi connectivity index (χ4v) is 5.84. The van der Waals surface area contributed by atoms with Crippen molar-refractivity contribution in [3.8, 4) is 0 Å². The first-order valence-electron chi connectivity index (χ1n) is 8.53. The number of fused-ring (bicyclic) bond motifs is 2. The molecular formula is C19H22N2O2. The first-order chi connectivity index (χ1) is 11.1. The molecule has 4 heteroatoms. The average molecular weight is 310 g/mol. The van der Waals surface area contributed by atoms with Crippen molar-refractivity contribution < 1.29 is 9.75 Å². The molecule has 1 unspecified atom stereocenters. The Labute approximate surface area is 136 Å². The molecule has 1 spiro atoms. The predicted molar refractivity (Wildman–Crippen MR) is 89.5 cm³/mol. The minimum atomic E-state index is -0.494. The molecule has 2 N–H and O–H groups in total. The van der Waals surface area contributed by atoms with Crippen LogP contribution in [0.3, 0.4) is 0 Å². The molecule has 0 amide bonds. The highest BCUT2D eigenvalue weighted by Crippen LogP contribution is 2.66. The fourth-order valence-electron chi connectivity index (χ4n) is 5.84. The number of anilines is 1.